The molecule has 6 nitrogen and oxygen atoms in total. The van der Waals surface area contributed by atoms with Gasteiger partial charge in [0.1, 0.15) is 12.4 Å². The fraction of sp³-hybridized carbons (Fsp3) is 0.211. The highest BCUT2D eigenvalue weighted by Gasteiger charge is 2.08. The summed E-state index contributed by atoms with van der Waals surface area (Å²) in [4.78, 5) is 11.7. The van der Waals surface area contributed by atoms with Crippen LogP contribution >= 0.6 is 0 Å². The van der Waals surface area contributed by atoms with Gasteiger partial charge in [0.2, 0.25) is 0 Å². The van der Waals surface area contributed by atoms with E-state index in [-0.39, 0.29) is 19.0 Å². The van der Waals surface area contributed by atoms with Crippen molar-refractivity contribution in [1.29, 1.82) is 5.26 Å². The quantitative estimate of drug-likeness (QED) is 0.623. The second-order valence-corrected chi connectivity index (χ2v) is 5.17. The van der Waals surface area contributed by atoms with E-state index in [0.717, 1.165) is 16.9 Å². The van der Waals surface area contributed by atoms with Crippen molar-refractivity contribution in [3.05, 3.63) is 65.7 Å². The van der Waals surface area contributed by atoms with Gasteiger partial charge in [0, 0.05) is 7.05 Å². The fourth-order valence-corrected chi connectivity index (χ4v) is 2.02. The van der Waals surface area contributed by atoms with Crippen LogP contribution in [0.2, 0.25) is 0 Å². The lowest BCUT2D eigenvalue weighted by molar-refractivity contribution is 0.204. The number of amides is 2. The molecular formula is C19H20N4O2. The molecule has 1 N–H and O–H groups in total. The van der Waals surface area contributed by atoms with Gasteiger partial charge in [0.05, 0.1) is 25.2 Å². The van der Waals surface area contributed by atoms with Crippen molar-refractivity contribution in [1.82, 2.24) is 10.3 Å². The van der Waals surface area contributed by atoms with Crippen molar-refractivity contribution in [3.63, 3.8) is 0 Å². The van der Waals surface area contributed by atoms with Gasteiger partial charge in [-0.05, 0) is 35.4 Å². The van der Waals surface area contributed by atoms with Crippen LogP contribution in [0.4, 0.5) is 4.79 Å². The average molecular weight is 336 g/mol. The van der Waals surface area contributed by atoms with Gasteiger partial charge in [-0.25, -0.2) is 9.80 Å². The highest BCUT2D eigenvalue weighted by Crippen LogP contribution is 2.13. The van der Waals surface area contributed by atoms with E-state index in [1.165, 1.54) is 12.1 Å². The van der Waals surface area contributed by atoms with Crippen LogP contribution in [0.25, 0.3) is 0 Å². The molecule has 0 aliphatic heterocycles. The molecule has 2 aromatic rings. The van der Waals surface area contributed by atoms with Crippen molar-refractivity contribution in [2.24, 2.45) is 5.10 Å². The number of ether oxygens (including phenoxy) is 1. The van der Waals surface area contributed by atoms with Gasteiger partial charge in [-0.3, -0.25) is 0 Å². The molecule has 25 heavy (non-hydrogen) atoms. The Morgan fingerprint density at radius 3 is 2.60 bits per heavy atom. The molecule has 2 rings (SSSR count). The zero-order valence-electron chi connectivity index (χ0n) is 14.1. The normalized spacial score (nSPS) is 10.2. The Morgan fingerprint density at radius 1 is 1.24 bits per heavy atom. The van der Waals surface area contributed by atoms with Crippen LogP contribution in [0.3, 0.4) is 0 Å². The Hall–Kier alpha value is -3.33. The first-order chi connectivity index (χ1) is 12.2. The molecule has 0 bridgehead atoms. The predicted octanol–water partition coefficient (Wildman–Crippen LogP) is 3.15. The van der Waals surface area contributed by atoms with Crippen molar-refractivity contribution in [3.8, 4) is 11.8 Å². The average Bonchev–Trinajstić information content (AvgIpc) is 2.67. The summed E-state index contributed by atoms with van der Waals surface area (Å²) in [5.74, 6) is 0.758. The molecule has 0 aromatic heterocycles. The number of hydrazone groups is 1. The number of benzene rings is 2. The van der Waals surface area contributed by atoms with E-state index < -0.39 is 0 Å². The minimum atomic E-state index is -0.352. The summed E-state index contributed by atoms with van der Waals surface area (Å²) < 4.78 is 5.73. The van der Waals surface area contributed by atoms with E-state index in [2.05, 4.69) is 10.4 Å². The van der Waals surface area contributed by atoms with Crippen LogP contribution in [-0.2, 0) is 6.61 Å². The first-order valence-corrected chi connectivity index (χ1v) is 7.90. The summed E-state index contributed by atoms with van der Waals surface area (Å²) in [6, 6.07) is 19.0. The van der Waals surface area contributed by atoms with E-state index in [9.17, 15) is 4.79 Å². The lowest BCUT2D eigenvalue weighted by Gasteiger charge is -2.14. The Bertz CT molecular complexity index is 736. The molecule has 0 unspecified atom stereocenters. The maximum Gasteiger partial charge on any atom is 0.337 e. The highest BCUT2D eigenvalue weighted by atomic mass is 16.5. The molecule has 0 spiro atoms. The number of carbonyl (C=O) groups excluding carboxylic acids is 1. The third-order valence-corrected chi connectivity index (χ3v) is 3.36. The van der Waals surface area contributed by atoms with Gasteiger partial charge in [-0.2, -0.15) is 10.4 Å². The van der Waals surface area contributed by atoms with E-state index in [0.29, 0.717) is 6.61 Å². The second-order valence-electron chi connectivity index (χ2n) is 5.17. The molecule has 0 aliphatic rings. The molecule has 0 radical (unpaired) electrons. The van der Waals surface area contributed by atoms with Gasteiger partial charge in [-0.15, -0.1) is 0 Å². The Labute approximate surface area is 147 Å². The van der Waals surface area contributed by atoms with Crippen LogP contribution in [0.15, 0.2) is 59.7 Å². The fourth-order valence-electron chi connectivity index (χ4n) is 2.02. The highest BCUT2D eigenvalue weighted by molar-refractivity contribution is 5.82. The monoisotopic (exact) mass is 336 g/mol. The zero-order chi connectivity index (χ0) is 17.9. The summed E-state index contributed by atoms with van der Waals surface area (Å²) >= 11 is 0. The summed E-state index contributed by atoms with van der Waals surface area (Å²) in [5.41, 5.74) is 1.93. The van der Waals surface area contributed by atoms with Crippen molar-refractivity contribution >= 4 is 12.2 Å². The summed E-state index contributed by atoms with van der Waals surface area (Å²) in [6.07, 6.45) is 1.80. The standard InChI is InChI=1S/C19H20N4O2/c1-21-19(24)23(13-5-12-20)22-14-16-8-10-18(11-9-16)25-15-17-6-3-2-4-7-17/h2-4,6-11,14H,5,13,15H2,1H3,(H,21,24)/b22-14+. The van der Waals surface area contributed by atoms with Gasteiger partial charge in [-0.1, -0.05) is 30.3 Å². The van der Waals surface area contributed by atoms with Gasteiger partial charge >= 0.3 is 6.03 Å². The molecule has 2 aromatic carbocycles. The Kier molecular flexibility index (Phi) is 7.01. The minimum Gasteiger partial charge on any atom is -0.489 e. The summed E-state index contributed by atoms with van der Waals surface area (Å²) in [5, 5.41) is 16.5. The topological polar surface area (TPSA) is 77.7 Å². The molecule has 0 fully saturated rings. The van der Waals surface area contributed by atoms with E-state index >= 15 is 0 Å². The van der Waals surface area contributed by atoms with Crippen LogP contribution in [0.5, 0.6) is 5.75 Å². The van der Waals surface area contributed by atoms with Gasteiger partial charge in [0.25, 0.3) is 0 Å². The maximum atomic E-state index is 11.7. The molecule has 0 aliphatic carbocycles. The molecule has 0 heterocycles. The first-order valence-electron chi connectivity index (χ1n) is 7.90. The number of nitrogens with one attached hydrogen (secondary N) is 1. The largest absolute Gasteiger partial charge is 0.489 e. The number of urea groups is 1. The van der Waals surface area contributed by atoms with Gasteiger partial charge < -0.3 is 10.1 Å². The van der Waals surface area contributed by atoms with Gasteiger partial charge in [0.15, 0.2) is 0 Å². The molecule has 128 valence electrons. The SMILES string of the molecule is CNC(=O)N(CCC#N)/N=C/c1ccc(OCc2ccccc2)cc1. The number of nitrogens with zero attached hydrogens (tertiary/aromatic N) is 3. The minimum absolute atomic E-state index is 0.219. The van der Waals surface area contributed by atoms with Crippen LogP contribution in [-0.4, -0.2) is 30.8 Å². The Balaban J connectivity index is 1.94. The lowest BCUT2D eigenvalue weighted by Crippen LogP contribution is -2.34. The first kappa shape index (κ1) is 18.0. The number of hydrogen-bond acceptors (Lipinski definition) is 4. The number of nitriles is 1. The zero-order valence-corrected chi connectivity index (χ0v) is 14.1. The van der Waals surface area contributed by atoms with Crippen molar-refractivity contribution in [2.45, 2.75) is 13.0 Å². The summed E-state index contributed by atoms with van der Waals surface area (Å²) in [6.45, 7) is 0.748. The smallest absolute Gasteiger partial charge is 0.337 e. The summed E-state index contributed by atoms with van der Waals surface area (Å²) in [7, 11) is 1.52. The van der Waals surface area contributed by atoms with Crippen molar-refractivity contribution < 1.29 is 9.53 Å². The van der Waals surface area contributed by atoms with E-state index in [1.54, 1.807) is 6.21 Å². The molecule has 0 saturated carbocycles. The molecule has 2 amide bonds. The molecule has 0 atom stereocenters. The molecule has 0 saturated heterocycles. The second kappa shape index (κ2) is 9.73. The van der Waals surface area contributed by atoms with E-state index in [1.807, 2.05) is 60.7 Å². The number of carbonyl (C=O) groups is 1. The van der Waals surface area contributed by atoms with Crippen LogP contribution in [0, 0.1) is 11.3 Å². The van der Waals surface area contributed by atoms with E-state index in [4.69, 9.17) is 10.00 Å². The Morgan fingerprint density at radius 2 is 1.96 bits per heavy atom. The number of hydrogen-bond donors (Lipinski definition) is 1. The lowest BCUT2D eigenvalue weighted by atomic mass is 10.2. The van der Waals surface area contributed by atoms with Crippen LogP contribution in [0.1, 0.15) is 17.5 Å². The molecule has 6 heteroatoms. The number of rotatable bonds is 7. The maximum absolute atomic E-state index is 11.7. The van der Waals surface area contributed by atoms with Crippen molar-refractivity contribution in [2.75, 3.05) is 13.6 Å². The predicted molar refractivity (Wildman–Crippen MR) is 96.2 cm³/mol. The molecular weight excluding hydrogens is 316 g/mol. The van der Waals surface area contributed by atoms with Crippen LogP contribution < -0.4 is 10.1 Å². The third kappa shape index (κ3) is 5.99. The third-order valence-electron chi connectivity index (χ3n) is 3.36.